The number of nitrogens with zero attached hydrogens (tertiary/aromatic N) is 3. The van der Waals surface area contributed by atoms with Crippen LogP contribution in [0.1, 0.15) is 5.56 Å². The molecular formula is C17H15Cl2N3OS. The molecule has 0 aliphatic heterocycles. The second kappa shape index (κ2) is 7.47. The number of thioether (sulfide) groups is 1. The minimum atomic E-state index is 0.558. The van der Waals surface area contributed by atoms with Gasteiger partial charge in [-0.25, -0.2) is 0 Å². The second-order valence-corrected chi connectivity index (χ2v) is 6.92. The van der Waals surface area contributed by atoms with Gasteiger partial charge in [-0.05, 0) is 35.9 Å². The number of hydrogen-bond donors (Lipinski definition) is 0. The smallest absolute Gasteiger partial charge is 0.191 e. The Balaban J connectivity index is 1.79. The van der Waals surface area contributed by atoms with Crippen LogP contribution in [0.2, 0.25) is 10.0 Å². The predicted molar refractivity (Wildman–Crippen MR) is 99.0 cm³/mol. The summed E-state index contributed by atoms with van der Waals surface area (Å²) in [6.07, 6.45) is 0. The molecule has 0 unspecified atom stereocenters. The molecule has 0 radical (unpaired) electrons. The first kappa shape index (κ1) is 17.1. The lowest BCUT2D eigenvalue weighted by atomic mass is 10.2. The van der Waals surface area contributed by atoms with Gasteiger partial charge in [0.25, 0.3) is 0 Å². The highest BCUT2D eigenvalue weighted by Crippen LogP contribution is 2.31. The van der Waals surface area contributed by atoms with Crippen LogP contribution in [0.4, 0.5) is 0 Å². The Morgan fingerprint density at radius 1 is 1.12 bits per heavy atom. The molecule has 0 atom stereocenters. The van der Waals surface area contributed by atoms with E-state index in [1.165, 1.54) is 0 Å². The predicted octanol–water partition coefficient (Wildman–Crippen LogP) is 5.09. The van der Waals surface area contributed by atoms with Crippen molar-refractivity contribution < 1.29 is 4.74 Å². The van der Waals surface area contributed by atoms with Gasteiger partial charge in [0.05, 0.1) is 12.1 Å². The fraction of sp³-hybridized carbons (Fsp3) is 0.176. The lowest BCUT2D eigenvalue weighted by molar-refractivity contribution is 0.414. The Labute approximate surface area is 154 Å². The molecule has 3 rings (SSSR count). The molecule has 0 amide bonds. The molecule has 0 saturated heterocycles. The maximum Gasteiger partial charge on any atom is 0.191 e. The Bertz CT molecular complexity index is 867. The minimum absolute atomic E-state index is 0.558. The van der Waals surface area contributed by atoms with E-state index >= 15 is 0 Å². The average Bonchev–Trinajstić information content (AvgIpc) is 2.94. The van der Waals surface area contributed by atoms with Crippen molar-refractivity contribution >= 4 is 35.0 Å². The molecule has 0 aliphatic rings. The molecule has 124 valence electrons. The van der Waals surface area contributed by atoms with Gasteiger partial charge in [-0.15, -0.1) is 10.2 Å². The SMILES string of the molecule is COc1cccc(CSc2nnc(-c3ccc(Cl)cc3Cl)n2C)c1. The van der Waals surface area contributed by atoms with Crippen molar-refractivity contribution in [3.05, 3.63) is 58.1 Å². The van der Waals surface area contributed by atoms with Gasteiger partial charge in [-0.3, -0.25) is 0 Å². The zero-order chi connectivity index (χ0) is 17.1. The zero-order valence-corrected chi connectivity index (χ0v) is 15.5. The molecule has 0 aliphatic carbocycles. The summed E-state index contributed by atoms with van der Waals surface area (Å²) >= 11 is 13.8. The van der Waals surface area contributed by atoms with Crippen molar-refractivity contribution in [1.29, 1.82) is 0 Å². The van der Waals surface area contributed by atoms with Gasteiger partial charge >= 0.3 is 0 Å². The molecule has 0 N–H and O–H groups in total. The molecule has 24 heavy (non-hydrogen) atoms. The number of hydrogen-bond acceptors (Lipinski definition) is 4. The number of halogens is 2. The summed E-state index contributed by atoms with van der Waals surface area (Å²) in [7, 11) is 3.59. The van der Waals surface area contributed by atoms with Crippen molar-refractivity contribution in [2.75, 3.05) is 7.11 Å². The molecule has 0 bridgehead atoms. The maximum absolute atomic E-state index is 6.27. The van der Waals surface area contributed by atoms with Crippen LogP contribution < -0.4 is 4.74 Å². The van der Waals surface area contributed by atoms with Crippen LogP contribution in [0.15, 0.2) is 47.6 Å². The van der Waals surface area contributed by atoms with E-state index in [9.17, 15) is 0 Å². The van der Waals surface area contributed by atoms with E-state index in [2.05, 4.69) is 16.3 Å². The molecule has 3 aromatic rings. The highest BCUT2D eigenvalue weighted by Gasteiger charge is 2.14. The fourth-order valence-electron chi connectivity index (χ4n) is 2.26. The van der Waals surface area contributed by atoms with Gasteiger partial charge in [0.2, 0.25) is 0 Å². The lowest BCUT2D eigenvalue weighted by Gasteiger charge is -2.06. The van der Waals surface area contributed by atoms with E-state index in [4.69, 9.17) is 27.9 Å². The summed E-state index contributed by atoms with van der Waals surface area (Å²) in [5.41, 5.74) is 1.97. The van der Waals surface area contributed by atoms with Crippen LogP contribution in [0.25, 0.3) is 11.4 Å². The van der Waals surface area contributed by atoms with Crippen molar-refractivity contribution in [2.45, 2.75) is 10.9 Å². The second-order valence-electron chi connectivity index (χ2n) is 5.13. The van der Waals surface area contributed by atoms with E-state index < -0.39 is 0 Å². The molecule has 1 heterocycles. The van der Waals surface area contributed by atoms with Crippen molar-refractivity contribution in [3.63, 3.8) is 0 Å². The molecule has 2 aromatic carbocycles. The van der Waals surface area contributed by atoms with E-state index in [-0.39, 0.29) is 0 Å². The van der Waals surface area contributed by atoms with Gasteiger partial charge in [0, 0.05) is 23.4 Å². The van der Waals surface area contributed by atoms with Crippen LogP contribution in [-0.4, -0.2) is 21.9 Å². The number of aromatic nitrogens is 3. The molecule has 7 heteroatoms. The normalized spacial score (nSPS) is 10.8. The standard InChI is InChI=1S/C17H15Cl2N3OS/c1-22-16(14-7-6-12(18)9-15(14)19)20-21-17(22)24-10-11-4-3-5-13(8-11)23-2/h3-9H,10H2,1-2H3. The number of benzene rings is 2. The van der Waals surface area contributed by atoms with Crippen molar-refractivity contribution in [2.24, 2.45) is 7.05 Å². The molecule has 0 spiro atoms. The van der Waals surface area contributed by atoms with Crippen LogP contribution >= 0.6 is 35.0 Å². The molecular weight excluding hydrogens is 365 g/mol. The molecule has 0 fully saturated rings. The topological polar surface area (TPSA) is 39.9 Å². The van der Waals surface area contributed by atoms with Gasteiger partial charge in [-0.2, -0.15) is 0 Å². The van der Waals surface area contributed by atoms with Gasteiger partial charge in [0.15, 0.2) is 11.0 Å². The average molecular weight is 380 g/mol. The van der Waals surface area contributed by atoms with Crippen LogP contribution in [0.3, 0.4) is 0 Å². The number of methoxy groups -OCH3 is 1. The maximum atomic E-state index is 6.27. The first-order valence-electron chi connectivity index (χ1n) is 7.19. The van der Waals surface area contributed by atoms with Gasteiger partial charge < -0.3 is 9.30 Å². The Morgan fingerprint density at radius 3 is 2.71 bits per heavy atom. The van der Waals surface area contributed by atoms with E-state index in [0.29, 0.717) is 15.9 Å². The van der Waals surface area contributed by atoms with E-state index in [1.54, 1.807) is 31.0 Å². The third kappa shape index (κ3) is 3.69. The summed E-state index contributed by atoms with van der Waals surface area (Å²) in [6.45, 7) is 0. The van der Waals surface area contributed by atoms with Crippen LogP contribution in [-0.2, 0) is 12.8 Å². The zero-order valence-electron chi connectivity index (χ0n) is 13.2. The third-order valence-electron chi connectivity index (χ3n) is 3.51. The summed E-state index contributed by atoms with van der Waals surface area (Å²) < 4.78 is 7.18. The Morgan fingerprint density at radius 2 is 1.96 bits per heavy atom. The van der Waals surface area contributed by atoms with Gasteiger partial charge in [-0.1, -0.05) is 47.1 Å². The van der Waals surface area contributed by atoms with Crippen LogP contribution in [0.5, 0.6) is 5.75 Å². The third-order valence-corrected chi connectivity index (χ3v) is 5.15. The summed E-state index contributed by atoms with van der Waals surface area (Å²) in [5.74, 6) is 2.34. The first-order chi connectivity index (χ1) is 11.6. The lowest BCUT2D eigenvalue weighted by Crippen LogP contribution is -1.95. The monoisotopic (exact) mass is 379 g/mol. The van der Waals surface area contributed by atoms with Gasteiger partial charge in [0.1, 0.15) is 5.75 Å². The summed E-state index contributed by atoms with van der Waals surface area (Å²) in [5, 5.41) is 10.5. The quantitative estimate of drug-likeness (QED) is 0.578. The fourth-order valence-corrected chi connectivity index (χ4v) is 3.60. The minimum Gasteiger partial charge on any atom is -0.497 e. The highest BCUT2D eigenvalue weighted by molar-refractivity contribution is 7.98. The van der Waals surface area contributed by atoms with E-state index in [0.717, 1.165) is 27.8 Å². The van der Waals surface area contributed by atoms with Crippen molar-refractivity contribution in [1.82, 2.24) is 14.8 Å². The Hall–Kier alpha value is -1.69. The molecule has 4 nitrogen and oxygen atoms in total. The van der Waals surface area contributed by atoms with Crippen LogP contribution in [0, 0.1) is 0 Å². The van der Waals surface area contributed by atoms with E-state index in [1.807, 2.05) is 35.9 Å². The molecule has 0 saturated carbocycles. The number of ether oxygens (including phenoxy) is 1. The Kier molecular flexibility index (Phi) is 5.33. The largest absolute Gasteiger partial charge is 0.497 e. The van der Waals surface area contributed by atoms with Crippen molar-refractivity contribution in [3.8, 4) is 17.1 Å². The summed E-state index contributed by atoms with van der Waals surface area (Å²) in [6, 6.07) is 13.3. The highest BCUT2D eigenvalue weighted by atomic mass is 35.5. The molecule has 1 aromatic heterocycles. The first-order valence-corrected chi connectivity index (χ1v) is 8.93. The summed E-state index contributed by atoms with van der Waals surface area (Å²) in [4.78, 5) is 0. The number of rotatable bonds is 5.